The molecule has 1 aromatic rings. The second-order valence-electron chi connectivity index (χ2n) is 3.98. The van der Waals surface area contributed by atoms with E-state index < -0.39 is 0 Å². The molecule has 1 fully saturated rings. The second kappa shape index (κ2) is 5.01. The third-order valence-corrected chi connectivity index (χ3v) is 2.81. The first-order chi connectivity index (χ1) is 8.24. The van der Waals surface area contributed by atoms with Gasteiger partial charge in [-0.3, -0.25) is 0 Å². The molecule has 1 saturated heterocycles. The van der Waals surface area contributed by atoms with E-state index in [0.29, 0.717) is 18.8 Å². The predicted octanol–water partition coefficient (Wildman–Crippen LogP) is 0.401. The van der Waals surface area contributed by atoms with Crippen LogP contribution in [0.3, 0.4) is 0 Å². The molecule has 2 rings (SSSR count). The van der Waals surface area contributed by atoms with Gasteiger partial charge in [-0.15, -0.1) is 0 Å². The van der Waals surface area contributed by atoms with Crippen LogP contribution in [-0.4, -0.2) is 41.8 Å². The molecule has 17 heavy (non-hydrogen) atoms. The van der Waals surface area contributed by atoms with Gasteiger partial charge in [0.15, 0.2) is 5.84 Å². The largest absolute Gasteiger partial charge is 0.409 e. The van der Waals surface area contributed by atoms with E-state index in [9.17, 15) is 0 Å². The Morgan fingerprint density at radius 3 is 3.24 bits per heavy atom. The molecular weight excluding hydrogens is 220 g/mol. The van der Waals surface area contributed by atoms with E-state index in [1.807, 2.05) is 0 Å². The molecule has 0 radical (unpaired) electrons. The van der Waals surface area contributed by atoms with E-state index in [-0.39, 0.29) is 11.9 Å². The van der Waals surface area contributed by atoms with Gasteiger partial charge in [0, 0.05) is 12.7 Å². The third kappa shape index (κ3) is 2.31. The molecule has 0 spiro atoms. The number of amidine groups is 1. The SMILES string of the molecule is CC1COCCN1c1ncccc1/C(N)=N/O. The summed E-state index contributed by atoms with van der Waals surface area (Å²) >= 11 is 0. The van der Waals surface area contributed by atoms with Crippen molar-refractivity contribution in [3.8, 4) is 0 Å². The maximum absolute atomic E-state index is 8.77. The number of aromatic nitrogens is 1. The van der Waals surface area contributed by atoms with E-state index >= 15 is 0 Å². The van der Waals surface area contributed by atoms with Gasteiger partial charge in [-0.25, -0.2) is 4.98 Å². The van der Waals surface area contributed by atoms with Crippen molar-refractivity contribution in [3.05, 3.63) is 23.9 Å². The average molecular weight is 236 g/mol. The molecule has 3 N–H and O–H groups in total. The van der Waals surface area contributed by atoms with Crippen molar-refractivity contribution in [2.75, 3.05) is 24.7 Å². The molecule has 0 aliphatic carbocycles. The summed E-state index contributed by atoms with van der Waals surface area (Å²) in [5, 5.41) is 11.8. The maximum Gasteiger partial charge on any atom is 0.173 e. The molecule has 1 aliphatic rings. The molecule has 0 bridgehead atoms. The minimum Gasteiger partial charge on any atom is -0.409 e. The van der Waals surface area contributed by atoms with Gasteiger partial charge in [0.05, 0.1) is 24.8 Å². The van der Waals surface area contributed by atoms with Crippen molar-refractivity contribution in [1.82, 2.24) is 4.98 Å². The first kappa shape index (κ1) is 11.7. The van der Waals surface area contributed by atoms with E-state index in [0.717, 1.165) is 12.4 Å². The van der Waals surface area contributed by atoms with Gasteiger partial charge in [-0.05, 0) is 19.1 Å². The Hall–Kier alpha value is -1.82. The second-order valence-corrected chi connectivity index (χ2v) is 3.98. The number of hydrogen-bond acceptors (Lipinski definition) is 5. The summed E-state index contributed by atoms with van der Waals surface area (Å²) in [6.07, 6.45) is 1.70. The fourth-order valence-corrected chi connectivity index (χ4v) is 1.92. The topological polar surface area (TPSA) is 84.0 Å². The Bertz CT molecular complexity index is 422. The van der Waals surface area contributed by atoms with Crippen LogP contribution in [0.15, 0.2) is 23.5 Å². The molecule has 1 aliphatic heterocycles. The lowest BCUT2D eigenvalue weighted by Gasteiger charge is -2.35. The molecule has 6 nitrogen and oxygen atoms in total. The number of anilines is 1. The molecule has 92 valence electrons. The molecular formula is C11H16N4O2. The Morgan fingerprint density at radius 1 is 1.71 bits per heavy atom. The molecule has 0 amide bonds. The van der Waals surface area contributed by atoms with Crippen molar-refractivity contribution < 1.29 is 9.94 Å². The lowest BCUT2D eigenvalue weighted by molar-refractivity contribution is 0.0985. The fourth-order valence-electron chi connectivity index (χ4n) is 1.92. The Kier molecular flexibility index (Phi) is 3.43. The number of ether oxygens (including phenoxy) is 1. The minimum atomic E-state index is 0.0757. The van der Waals surface area contributed by atoms with Gasteiger partial charge in [-0.2, -0.15) is 0 Å². The van der Waals surface area contributed by atoms with Crippen molar-refractivity contribution in [2.24, 2.45) is 10.9 Å². The highest BCUT2D eigenvalue weighted by Gasteiger charge is 2.23. The van der Waals surface area contributed by atoms with Crippen LogP contribution in [0.4, 0.5) is 5.82 Å². The zero-order valence-corrected chi connectivity index (χ0v) is 9.71. The molecule has 1 atom stereocenters. The predicted molar refractivity (Wildman–Crippen MR) is 64.4 cm³/mol. The molecule has 0 aromatic carbocycles. The summed E-state index contributed by atoms with van der Waals surface area (Å²) in [6, 6.07) is 3.78. The van der Waals surface area contributed by atoms with Crippen LogP contribution in [0.5, 0.6) is 0 Å². The van der Waals surface area contributed by atoms with Crippen LogP contribution in [0.2, 0.25) is 0 Å². The van der Waals surface area contributed by atoms with Crippen LogP contribution in [-0.2, 0) is 4.74 Å². The van der Waals surface area contributed by atoms with E-state index in [1.54, 1.807) is 18.3 Å². The summed E-state index contributed by atoms with van der Waals surface area (Å²) in [4.78, 5) is 6.43. The highest BCUT2D eigenvalue weighted by molar-refractivity contribution is 6.01. The number of morpholine rings is 1. The van der Waals surface area contributed by atoms with Crippen LogP contribution in [0.25, 0.3) is 0 Å². The monoisotopic (exact) mass is 236 g/mol. The third-order valence-electron chi connectivity index (χ3n) is 2.81. The first-order valence-corrected chi connectivity index (χ1v) is 5.51. The summed E-state index contributed by atoms with van der Waals surface area (Å²) in [5.41, 5.74) is 6.29. The number of rotatable bonds is 2. The van der Waals surface area contributed by atoms with Crippen molar-refractivity contribution >= 4 is 11.7 Å². The number of oxime groups is 1. The number of pyridine rings is 1. The van der Waals surface area contributed by atoms with Gasteiger partial charge in [-0.1, -0.05) is 5.16 Å². The Morgan fingerprint density at radius 2 is 2.53 bits per heavy atom. The van der Waals surface area contributed by atoms with Crippen LogP contribution in [0, 0.1) is 0 Å². The summed E-state index contributed by atoms with van der Waals surface area (Å²) in [7, 11) is 0. The normalized spacial score (nSPS) is 21.6. The minimum absolute atomic E-state index is 0.0757. The van der Waals surface area contributed by atoms with E-state index in [2.05, 4.69) is 22.0 Å². The number of nitrogens with zero attached hydrogens (tertiary/aromatic N) is 3. The maximum atomic E-state index is 8.77. The van der Waals surface area contributed by atoms with Gasteiger partial charge >= 0.3 is 0 Å². The zero-order valence-electron chi connectivity index (χ0n) is 9.71. The van der Waals surface area contributed by atoms with Gasteiger partial charge in [0.2, 0.25) is 0 Å². The lowest BCUT2D eigenvalue weighted by Crippen LogP contribution is -2.45. The Labute approximate surface area is 99.7 Å². The van der Waals surface area contributed by atoms with Gasteiger partial charge in [0.1, 0.15) is 5.82 Å². The molecule has 0 saturated carbocycles. The summed E-state index contributed by atoms with van der Waals surface area (Å²) < 4.78 is 5.38. The molecule has 1 aromatic heterocycles. The standard InChI is InChI=1S/C11H16N4O2/c1-8-7-17-6-5-15(8)11-9(10(12)14-16)3-2-4-13-11/h2-4,8,16H,5-7H2,1H3,(H2,12,14). The van der Waals surface area contributed by atoms with Gasteiger partial charge in [0.25, 0.3) is 0 Å². The van der Waals surface area contributed by atoms with Gasteiger partial charge < -0.3 is 20.6 Å². The Balaban J connectivity index is 2.37. The highest BCUT2D eigenvalue weighted by Crippen LogP contribution is 2.21. The van der Waals surface area contributed by atoms with Crippen LogP contribution >= 0.6 is 0 Å². The first-order valence-electron chi connectivity index (χ1n) is 5.51. The van der Waals surface area contributed by atoms with Crippen LogP contribution in [0.1, 0.15) is 12.5 Å². The number of nitrogens with two attached hydrogens (primary N) is 1. The number of hydrogen-bond donors (Lipinski definition) is 2. The lowest BCUT2D eigenvalue weighted by atomic mass is 10.2. The van der Waals surface area contributed by atoms with E-state index in [1.165, 1.54) is 0 Å². The zero-order chi connectivity index (χ0) is 12.3. The smallest absolute Gasteiger partial charge is 0.173 e. The quantitative estimate of drug-likeness (QED) is 0.336. The molecule has 1 unspecified atom stereocenters. The summed E-state index contributed by atoms with van der Waals surface area (Å²) in [6.45, 7) is 4.14. The van der Waals surface area contributed by atoms with Crippen molar-refractivity contribution in [1.29, 1.82) is 0 Å². The average Bonchev–Trinajstić information content (AvgIpc) is 2.38. The highest BCUT2D eigenvalue weighted by atomic mass is 16.5. The molecule has 6 heteroatoms. The molecule has 2 heterocycles. The fraction of sp³-hybridized carbons (Fsp3) is 0.455. The van der Waals surface area contributed by atoms with Crippen molar-refractivity contribution in [2.45, 2.75) is 13.0 Å². The van der Waals surface area contributed by atoms with Crippen LogP contribution < -0.4 is 10.6 Å². The van der Waals surface area contributed by atoms with E-state index in [4.69, 9.17) is 15.7 Å². The van der Waals surface area contributed by atoms with Crippen molar-refractivity contribution in [3.63, 3.8) is 0 Å². The summed E-state index contributed by atoms with van der Waals surface area (Å²) in [5.74, 6) is 0.811.